The number of hydrogen-bond donors (Lipinski definition) is 4. The van der Waals surface area contributed by atoms with Gasteiger partial charge in [0.25, 0.3) is 0 Å². The van der Waals surface area contributed by atoms with Crippen molar-refractivity contribution >= 4 is 35.9 Å². The molecule has 2 aromatic heterocycles. The van der Waals surface area contributed by atoms with Crippen molar-refractivity contribution in [3.05, 3.63) is 66.5 Å². The van der Waals surface area contributed by atoms with Gasteiger partial charge in [-0.25, -0.2) is 15.1 Å². The Hall–Kier alpha value is -4.46. The summed E-state index contributed by atoms with van der Waals surface area (Å²) in [5.74, 6) is 0.749. The minimum Gasteiger partial charge on any atom is -0.368 e. The van der Waals surface area contributed by atoms with E-state index in [-0.39, 0.29) is 30.7 Å². The van der Waals surface area contributed by atoms with E-state index in [0.717, 1.165) is 74.1 Å². The van der Waals surface area contributed by atoms with Gasteiger partial charge in [0.1, 0.15) is 6.04 Å². The first-order valence-electron chi connectivity index (χ1n) is 15.5. The number of carbonyl (C=O) groups is 2. The second-order valence-corrected chi connectivity index (χ2v) is 11.8. The van der Waals surface area contributed by atoms with E-state index in [0.29, 0.717) is 29.9 Å². The smallest absolute Gasteiger partial charge is 0.240 e. The van der Waals surface area contributed by atoms with Gasteiger partial charge >= 0.3 is 0 Å². The molecule has 13 nitrogen and oxygen atoms in total. The Kier molecular flexibility index (Phi) is 10.9. The summed E-state index contributed by atoms with van der Waals surface area (Å²) in [6, 6.07) is 14.3. The molecule has 0 spiro atoms. The number of nitrogens with two attached hydrogens (primary N) is 2. The molecule has 0 radical (unpaired) electrons. The van der Waals surface area contributed by atoms with Gasteiger partial charge in [0, 0.05) is 67.7 Å². The number of amides is 2. The third kappa shape index (κ3) is 7.49. The predicted octanol–water partition coefficient (Wildman–Crippen LogP) is 2.35. The second-order valence-electron chi connectivity index (χ2n) is 11.8. The monoisotopic (exact) mass is 645 g/mol. The molecule has 6 rings (SSSR count). The molecule has 2 aliphatic rings. The van der Waals surface area contributed by atoms with Crippen LogP contribution in [0, 0.1) is 11.8 Å². The summed E-state index contributed by atoms with van der Waals surface area (Å²) in [4.78, 5) is 40.4. The van der Waals surface area contributed by atoms with Crippen molar-refractivity contribution in [1.29, 1.82) is 0 Å². The zero-order valence-corrected chi connectivity index (χ0v) is 26.4. The summed E-state index contributed by atoms with van der Waals surface area (Å²) in [6.45, 7) is 4.17. The highest BCUT2D eigenvalue weighted by molar-refractivity contribution is 6.01. The molecule has 0 bridgehead atoms. The van der Waals surface area contributed by atoms with Crippen molar-refractivity contribution < 1.29 is 9.59 Å². The fraction of sp³-hybridized carbons (Fsp3) is 0.406. The topological polar surface area (TPSA) is 185 Å². The molecule has 46 heavy (non-hydrogen) atoms. The quantitative estimate of drug-likeness (QED) is 0.200. The van der Waals surface area contributed by atoms with Crippen molar-refractivity contribution in [2.45, 2.75) is 38.1 Å². The second kappa shape index (κ2) is 15.2. The molecule has 242 valence electrons. The lowest BCUT2D eigenvalue weighted by molar-refractivity contribution is -0.127. The minimum absolute atomic E-state index is 0. The Balaban J connectivity index is 0.00000417. The first-order valence-corrected chi connectivity index (χ1v) is 15.5. The summed E-state index contributed by atoms with van der Waals surface area (Å²) in [5, 5.41) is 17.3. The molecule has 6 N–H and O–H groups in total. The molecular formula is C32H40ClN11O2. The van der Waals surface area contributed by atoms with E-state index < -0.39 is 11.9 Å². The standard InChI is InChI=1S/C32H39N11O2.ClH/c33-18-21-4-6-24(7-5-21)31(45)43(27-10-8-23(9-11-27)30-38-40-41-39-30)28(29(34)44)17-22-2-1-3-25(16-22)26-19-36-32(37-20-26)42-14-12-35-13-15-42;/h1-3,8-11,16,19-21,24,28,35H,4-7,12-15,17-18,33H2,(H2,34,44)(H,38,39,40,41);1H/t21-,24-,28-;/m0./s1. The molecule has 0 unspecified atom stereocenters. The number of primary amides is 1. The molecule has 2 amide bonds. The number of H-pyrrole nitrogens is 1. The molecule has 1 aliphatic carbocycles. The number of piperazine rings is 1. The van der Waals surface area contributed by atoms with Gasteiger partial charge in [0.05, 0.1) is 0 Å². The number of tetrazole rings is 1. The molecule has 1 aliphatic heterocycles. The van der Waals surface area contributed by atoms with Crippen molar-refractivity contribution in [2.24, 2.45) is 23.3 Å². The third-order valence-corrected chi connectivity index (χ3v) is 8.90. The number of aromatic nitrogens is 6. The van der Waals surface area contributed by atoms with Crippen LogP contribution in [0.25, 0.3) is 22.5 Å². The number of rotatable bonds is 10. The fourth-order valence-electron chi connectivity index (χ4n) is 6.28. The van der Waals surface area contributed by atoms with Crippen LogP contribution in [0.4, 0.5) is 11.6 Å². The van der Waals surface area contributed by atoms with Crippen LogP contribution in [0.2, 0.25) is 0 Å². The number of benzene rings is 2. The molecule has 1 atom stereocenters. The van der Waals surface area contributed by atoms with E-state index in [9.17, 15) is 9.59 Å². The number of nitrogens with zero attached hydrogens (tertiary/aromatic N) is 7. The number of hydrogen-bond acceptors (Lipinski definition) is 10. The number of carbonyl (C=O) groups excluding carboxylic acids is 2. The van der Waals surface area contributed by atoms with E-state index in [2.05, 4.69) is 40.8 Å². The molecule has 14 heteroatoms. The van der Waals surface area contributed by atoms with Crippen LogP contribution in [0.1, 0.15) is 31.2 Å². The number of halogens is 1. The lowest BCUT2D eigenvalue weighted by Gasteiger charge is -2.35. The van der Waals surface area contributed by atoms with Gasteiger partial charge in [-0.2, -0.15) is 0 Å². The Bertz CT molecular complexity index is 1570. The lowest BCUT2D eigenvalue weighted by Crippen LogP contribution is -2.52. The van der Waals surface area contributed by atoms with Gasteiger partial charge in [-0.1, -0.05) is 24.3 Å². The van der Waals surface area contributed by atoms with Crippen molar-refractivity contribution in [3.63, 3.8) is 0 Å². The highest BCUT2D eigenvalue weighted by atomic mass is 35.5. The van der Waals surface area contributed by atoms with E-state index in [1.807, 2.05) is 60.9 Å². The van der Waals surface area contributed by atoms with Gasteiger partial charge < -0.3 is 21.7 Å². The largest absolute Gasteiger partial charge is 0.368 e. The molecule has 4 aromatic rings. The van der Waals surface area contributed by atoms with Gasteiger partial charge in [-0.3, -0.25) is 14.5 Å². The van der Waals surface area contributed by atoms with Gasteiger partial charge in [0.2, 0.25) is 17.8 Å². The maximum Gasteiger partial charge on any atom is 0.240 e. The van der Waals surface area contributed by atoms with E-state index >= 15 is 0 Å². The first-order chi connectivity index (χ1) is 22.0. The summed E-state index contributed by atoms with van der Waals surface area (Å²) in [6.07, 6.45) is 7.13. The van der Waals surface area contributed by atoms with Gasteiger partial charge in [-0.05, 0) is 84.0 Å². The number of nitrogens with one attached hydrogen (secondary N) is 2. The van der Waals surface area contributed by atoms with Crippen LogP contribution in [-0.2, 0) is 16.0 Å². The lowest BCUT2D eigenvalue weighted by atomic mass is 9.81. The van der Waals surface area contributed by atoms with Crippen LogP contribution >= 0.6 is 12.4 Å². The molecular weight excluding hydrogens is 606 g/mol. The van der Waals surface area contributed by atoms with Crippen LogP contribution in [0.15, 0.2) is 60.9 Å². The first kappa shape index (κ1) is 32.9. The number of aromatic amines is 1. The summed E-state index contributed by atoms with van der Waals surface area (Å²) in [5.41, 5.74) is 16.0. The van der Waals surface area contributed by atoms with Gasteiger partial charge in [0.15, 0.2) is 5.82 Å². The molecule has 2 aromatic carbocycles. The summed E-state index contributed by atoms with van der Waals surface area (Å²) in [7, 11) is 0. The predicted molar refractivity (Wildman–Crippen MR) is 178 cm³/mol. The Morgan fingerprint density at radius 3 is 2.30 bits per heavy atom. The van der Waals surface area contributed by atoms with Crippen molar-refractivity contribution in [2.75, 3.05) is 42.5 Å². The Labute approximate surface area is 274 Å². The SMILES string of the molecule is Cl.NC[C@H]1CC[C@H](C(=O)N(c2ccc(-c3nnn[nH]3)cc2)[C@@H](Cc2cccc(-c3cnc(N4CCNCC4)nc3)c2)C(N)=O)CC1. The van der Waals surface area contributed by atoms with Crippen molar-refractivity contribution in [1.82, 2.24) is 35.9 Å². The average Bonchev–Trinajstić information content (AvgIpc) is 3.64. The molecule has 1 saturated carbocycles. The van der Waals surface area contributed by atoms with E-state index in [1.54, 1.807) is 4.90 Å². The van der Waals surface area contributed by atoms with Crippen LogP contribution < -0.4 is 26.6 Å². The van der Waals surface area contributed by atoms with Crippen LogP contribution in [-0.4, -0.2) is 81.2 Å². The molecule has 3 heterocycles. The Morgan fingerprint density at radius 2 is 1.67 bits per heavy atom. The summed E-state index contributed by atoms with van der Waals surface area (Å²) < 4.78 is 0. The number of anilines is 2. The minimum atomic E-state index is -0.899. The fourth-order valence-corrected chi connectivity index (χ4v) is 6.28. The maximum atomic E-state index is 14.2. The third-order valence-electron chi connectivity index (χ3n) is 8.90. The molecule has 1 saturated heterocycles. The highest BCUT2D eigenvalue weighted by Crippen LogP contribution is 2.33. The normalized spacial score (nSPS) is 18.8. The van der Waals surface area contributed by atoms with Crippen LogP contribution in [0.5, 0.6) is 0 Å². The zero-order chi connectivity index (χ0) is 31.2. The highest BCUT2D eigenvalue weighted by Gasteiger charge is 2.36. The van der Waals surface area contributed by atoms with Crippen molar-refractivity contribution in [3.8, 4) is 22.5 Å². The Morgan fingerprint density at radius 1 is 0.957 bits per heavy atom. The maximum absolute atomic E-state index is 14.2. The molecule has 2 fully saturated rings. The van der Waals surface area contributed by atoms with Gasteiger partial charge in [-0.15, -0.1) is 17.5 Å². The van der Waals surface area contributed by atoms with E-state index in [1.165, 1.54) is 0 Å². The zero-order valence-electron chi connectivity index (χ0n) is 25.6. The summed E-state index contributed by atoms with van der Waals surface area (Å²) >= 11 is 0. The van der Waals surface area contributed by atoms with E-state index in [4.69, 9.17) is 11.5 Å². The van der Waals surface area contributed by atoms with Crippen LogP contribution in [0.3, 0.4) is 0 Å². The average molecular weight is 646 g/mol.